The van der Waals surface area contributed by atoms with Gasteiger partial charge in [-0.2, -0.15) is 0 Å². The zero-order valence-electron chi connectivity index (χ0n) is 23.2. The molecule has 0 aromatic heterocycles. The number of ketones is 2. The van der Waals surface area contributed by atoms with Crippen molar-refractivity contribution in [1.29, 1.82) is 0 Å². The summed E-state index contributed by atoms with van der Waals surface area (Å²) < 4.78 is 0. The van der Waals surface area contributed by atoms with Gasteiger partial charge in [-0.3, -0.25) is 9.59 Å². The molecular weight excluding hydrogens is 420 g/mol. The molecule has 1 atom stereocenters. The van der Waals surface area contributed by atoms with Crippen LogP contribution < -0.4 is 0 Å². The van der Waals surface area contributed by atoms with Crippen molar-refractivity contribution in [3.05, 3.63) is 0 Å². The van der Waals surface area contributed by atoms with Crippen LogP contribution in [0.3, 0.4) is 0 Å². The van der Waals surface area contributed by atoms with Gasteiger partial charge in [0, 0.05) is 19.3 Å². The number of unbranched alkanes of at least 4 members (excludes halogenated alkanes) is 20. The Hall–Kier alpha value is -0.700. The first-order chi connectivity index (χ1) is 16.7. The lowest BCUT2D eigenvalue weighted by Gasteiger charge is -2.11. The molecule has 0 aliphatic carbocycles. The third kappa shape index (κ3) is 23.1. The molecule has 0 spiro atoms. The van der Waals surface area contributed by atoms with E-state index in [-0.39, 0.29) is 18.0 Å². The average molecular weight is 480 g/mol. The van der Waals surface area contributed by atoms with E-state index < -0.39 is 12.5 Å². The smallest absolute Gasteiger partial charge is 0.138 e. The first-order valence-corrected chi connectivity index (χ1v) is 15.3. The predicted octanol–water partition coefficient (Wildman–Crippen LogP) is 9.96. The second kappa shape index (κ2) is 26.9. The summed E-state index contributed by atoms with van der Waals surface area (Å²) in [5, 5.41) is 11.5. The fraction of sp³-hybridized carbons (Fsp3) is 0.935. The maximum atomic E-state index is 12.4. The van der Waals surface area contributed by atoms with Crippen molar-refractivity contribution < 1.29 is 14.7 Å². The van der Waals surface area contributed by atoms with E-state index in [0.29, 0.717) is 12.8 Å². The summed E-state index contributed by atoms with van der Waals surface area (Å²) in [6.45, 7) is 4.08. The van der Waals surface area contributed by atoms with Crippen LogP contribution in [-0.2, 0) is 14.7 Å². The normalized spacial score (nSPS) is 12.2. The topological polar surface area (TPSA) is 54.0 Å². The molecule has 3 nitrogen and oxygen atoms in total. The van der Waals surface area contributed by atoms with Gasteiger partial charge in [-0.05, 0) is 12.8 Å². The van der Waals surface area contributed by atoms with Crippen molar-refractivity contribution in [3.8, 4) is 0 Å². The van der Waals surface area contributed by atoms with Gasteiger partial charge in [0.05, 0.1) is 12.5 Å². The van der Waals surface area contributed by atoms with Gasteiger partial charge in [0.2, 0.25) is 0 Å². The van der Waals surface area contributed by atoms with E-state index >= 15 is 0 Å². The average Bonchev–Trinajstić information content (AvgIpc) is 2.84. The molecule has 0 amide bonds. The monoisotopic (exact) mass is 479 g/mol. The molecule has 0 bridgehead atoms. The second-order valence-corrected chi connectivity index (χ2v) is 10.6. The van der Waals surface area contributed by atoms with Crippen LogP contribution in [0.2, 0.25) is 0 Å². The Morgan fingerprint density at radius 3 is 1.15 bits per heavy atom. The van der Waals surface area contributed by atoms with E-state index in [1.165, 1.54) is 116 Å². The highest BCUT2D eigenvalue weighted by Crippen LogP contribution is 2.17. The number of hydrogen-bond acceptors (Lipinski definition) is 2. The number of rotatable bonds is 28. The number of carbonyl (C=O) groups is 2. The highest BCUT2D eigenvalue weighted by atomic mass is 16.3. The van der Waals surface area contributed by atoms with Gasteiger partial charge in [-0.25, -0.2) is 5.11 Å². The van der Waals surface area contributed by atoms with Crippen LogP contribution in [0.1, 0.15) is 174 Å². The van der Waals surface area contributed by atoms with Crippen LogP contribution in [0.15, 0.2) is 0 Å². The molecule has 3 heteroatoms. The Labute approximate surface area is 213 Å². The molecule has 1 unspecified atom stereocenters. The molecule has 0 aromatic rings. The minimum Gasteiger partial charge on any atom is -0.300 e. The van der Waals surface area contributed by atoms with E-state index in [9.17, 15) is 14.7 Å². The van der Waals surface area contributed by atoms with Crippen molar-refractivity contribution in [2.24, 2.45) is 5.92 Å². The van der Waals surface area contributed by atoms with Gasteiger partial charge in [0.1, 0.15) is 11.6 Å². The van der Waals surface area contributed by atoms with E-state index in [4.69, 9.17) is 0 Å². The van der Waals surface area contributed by atoms with Crippen LogP contribution in [0.5, 0.6) is 0 Å². The zero-order valence-corrected chi connectivity index (χ0v) is 23.2. The van der Waals surface area contributed by atoms with Crippen molar-refractivity contribution in [2.75, 3.05) is 6.61 Å². The molecule has 0 rings (SSSR count). The summed E-state index contributed by atoms with van der Waals surface area (Å²) >= 11 is 0. The Bertz CT molecular complexity index is 446. The van der Waals surface area contributed by atoms with Gasteiger partial charge in [-0.1, -0.05) is 142 Å². The predicted molar refractivity (Wildman–Crippen MR) is 146 cm³/mol. The molecule has 34 heavy (non-hydrogen) atoms. The molecule has 0 aliphatic heterocycles. The van der Waals surface area contributed by atoms with Gasteiger partial charge in [0.15, 0.2) is 0 Å². The fourth-order valence-corrected chi connectivity index (χ4v) is 4.80. The maximum absolute atomic E-state index is 12.4. The van der Waals surface area contributed by atoms with E-state index in [1.54, 1.807) is 0 Å². The van der Waals surface area contributed by atoms with E-state index in [0.717, 1.165) is 25.7 Å². The lowest BCUT2D eigenvalue weighted by Crippen LogP contribution is -2.21. The van der Waals surface area contributed by atoms with E-state index in [2.05, 4.69) is 13.8 Å². The van der Waals surface area contributed by atoms with Crippen molar-refractivity contribution in [1.82, 2.24) is 0 Å². The van der Waals surface area contributed by atoms with Crippen LogP contribution in [0, 0.1) is 5.92 Å². The van der Waals surface area contributed by atoms with Gasteiger partial charge in [0.25, 0.3) is 0 Å². The minimum absolute atomic E-state index is 0.0261. The standard InChI is InChI=1S/C31H59O3/c1-3-5-7-9-11-13-15-17-19-21-23-25-30(33)27-29(28-32)31(34)26-24-22-20-18-16-14-12-10-8-6-4-2/h29H,3-28H2,1-2H3. The number of carbonyl (C=O) groups excluding carboxylic acids is 2. The van der Waals surface area contributed by atoms with Crippen molar-refractivity contribution in [2.45, 2.75) is 174 Å². The molecule has 0 saturated carbocycles. The Balaban J connectivity index is 3.60. The molecule has 0 fully saturated rings. The summed E-state index contributed by atoms with van der Waals surface area (Å²) in [7, 11) is 0. The SMILES string of the molecule is CCCCCCCCCCCCCC(=O)CC(C[O])C(=O)CCCCCCCCCCCCC. The van der Waals surface area contributed by atoms with Crippen LogP contribution in [0.25, 0.3) is 0 Å². The lowest BCUT2D eigenvalue weighted by molar-refractivity contribution is -0.130. The molecule has 0 heterocycles. The Morgan fingerprint density at radius 1 is 0.471 bits per heavy atom. The fourth-order valence-electron chi connectivity index (χ4n) is 4.80. The summed E-state index contributed by atoms with van der Waals surface area (Å²) in [6, 6.07) is 0. The third-order valence-electron chi connectivity index (χ3n) is 7.22. The molecule has 0 aliphatic rings. The molecule has 0 saturated heterocycles. The van der Waals surface area contributed by atoms with Gasteiger partial charge < -0.3 is 0 Å². The number of hydrogen-bond donors (Lipinski definition) is 0. The van der Waals surface area contributed by atoms with Gasteiger partial charge in [-0.15, -0.1) is 0 Å². The van der Waals surface area contributed by atoms with Crippen molar-refractivity contribution >= 4 is 11.6 Å². The Kier molecular flexibility index (Phi) is 26.3. The van der Waals surface area contributed by atoms with Gasteiger partial charge >= 0.3 is 0 Å². The summed E-state index contributed by atoms with van der Waals surface area (Å²) in [4.78, 5) is 24.6. The lowest BCUT2D eigenvalue weighted by atomic mass is 9.93. The summed E-state index contributed by atoms with van der Waals surface area (Å²) in [6.07, 6.45) is 28.9. The van der Waals surface area contributed by atoms with Crippen LogP contribution in [0.4, 0.5) is 0 Å². The minimum atomic E-state index is -0.580. The van der Waals surface area contributed by atoms with E-state index in [1.807, 2.05) is 0 Å². The summed E-state index contributed by atoms with van der Waals surface area (Å²) in [5.41, 5.74) is 0. The first-order valence-electron chi connectivity index (χ1n) is 15.3. The first kappa shape index (κ1) is 33.3. The highest BCUT2D eigenvalue weighted by molar-refractivity contribution is 5.88. The van der Waals surface area contributed by atoms with Crippen LogP contribution in [-0.4, -0.2) is 18.2 Å². The third-order valence-corrected chi connectivity index (χ3v) is 7.22. The largest absolute Gasteiger partial charge is 0.300 e. The maximum Gasteiger partial charge on any atom is 0.138 e. The molecule has 0 N–H and O–H groups in total. The highest BCUT2D eigenvalue weighted by Gasteiger charge is 2.20. The molecular formula is C31H59O3. The van der Waals surface area contributed by atoms with Crippen LogP contribution >= 0.6 is 0 Å². The quantitative estimate of drug-likeness (QED) is 0.105. The molecule has 201 valence electrons. The Morgan fingerprint density at radius 2 is 0.794 bits per heavy atom. The number of Topliss-reactive ketones (excluding diaryl/α,β-unsaturated/α-hetero) is 2. The summed E-state index contributed by atoms with van der Waals surface area (Å²) in [5.74, 6) is -0.439. The molecule has 1 radical (unpaired) electrons. The molecule has 0 aromatic carbocycles. The zero-order chi connectivity index (χ0) is 25.1. The van der Waals surface area contributed by atoms with Crippen molar-refractivity contribution in [3.63, 3.8) is 0 Å². The second-order valence-electron chi connectivity index (χ2n) is 10.6.